The normalized spacial score (nSPS) is 11.9. The molecule has 1 aromatic heterocycles. The van der Waals surface area contributed by atoms with Crippen molar-refractivity contribution in [3.63, 3.8) is 0 Å². The minimum Gasteiger partial charge on any atom is -0.324 e. The highest BCUT2D eigenvalue weighted by Gasteiger charge is 2.16. The van der Waals surface area contributed by atoms with Gasteiger partial charge in [0.1, 0.15) is 0 Å². The molecule has 1 atom stereocenters. The quantitative estimate of drug-likeness (QED) is 0.593. The number of halogens is 2. The topological polar surface area (TPSA) is 41.1 Å². The number of benzene rings is 2. The van der Waals surface area contributed by atoms with Crippen molar-refractivity contribution >= 4 is 46.1 Å². The van der Waals surface area contributed by atoms with Gasteiger partial charge in [-0.25, -0.2) is 0 Å². The Bertz CT molecular complexity index is 838. The highest BCUT2D eigenvalue weighted by Crippen LogP contribution is 2.27. The van der Waals surface area contributed by atoms with Gasteiger partial charge < -0.3 is 5.32 Å². The average molecular weight is 391 g/mol. The van der Waals surface area contributed by atoms with Gasteiger partial charge in [-0.15, -0.1) is 11.3 Å². The zero-order chi connectivity index (χ0) is 17.6. The molecule has 0 unspecified atom stereocenters. The van der Waals surface area contributed by atoms with Crippen LogP contribution < -0.4 is 10.6 Å². The molecule has 2 N–H and O–H groups in total. The van der Waals surface area contributed by atoms with Crippen molar-refractivity contribution in [3.8, 4) is 0 Å². The molecular weight excluding hydrogens is 375 g/mol. The predicted octanol–water partition coefficient (Wildman–Crippen LogP) is 5.37. The summed E-state index contributed by atoms with van der Waals surface area (Å²) in [6.07, 6.45) is 0. The number of hydrogen-bond acceptors (Lipinski definition) is 3. The molecule has 0 aliphatic heterocycles. The van der Waals surface area contributed by atoms with E-state index in [1.807, 2.05) is 41.8 Å². The van der Waals surface area contributed by atoms with Crippen molar-refractivity contribution < 1.29 is 4.79 Å². The Morgan fingerprint density at radius 2 is 1.84 bits per heavy atom. The summed E-state index contributed by atoms with van der Waals surface area (Å²) >= 11 is 13.6. The predicted molar refractivity (Wildman–Crippen MR) is 106 cm³/mol. The molecule has 0 aliphatic carbocycles. The summed E-state index contributed by atoms with van der Waals surface area (Å²) in [5, 5.41) is 9.09. The fraction of sp³-hybridized carbons (Fsp3) is 0.105. The maximum atomic E-state index is 12.3. The van der Waals surface area contributed by atoms with E-state index in [0.29, 0.717) is 15.7 Å². The first-order valence-electron chi connectivity index (χ1n) is 7.70. The van der Waals surface area contributed by atoms with E-state index in [1.165, 1.54) is 0 Å². The minimum atomic E-state index is -0.165. The second-order valence-corrected chi connectivity index (χ2v) is 7.24. The van der Waals surface area contributed by atoms with Crippen LogP contribution in [0.3, 0.4) is 0 Å². The van der Waals surface area contributed by atoms with E-state index in [9.17, 15) is 4.79 Å². The molecule has 25 heavy (non-hydrogen) atoms. The van der Waals surface area contributed by atoms with Gasteiger partial charge in [-0.05, 0) is 35.2 Å². The number of carbonyl (C=O) groups excluding carboxylic acids is 1. The van der Waals surface area contributed by atoms with Crippen LogP contribution in [0.1, 0.15) is 16.5 Å². The zero-order valence-corrected chi connectivity index (χ0v) is 15.5. The van der Waals surface area contributed by atoms with Crippen LogP contribution in [0.15, 0.2) is 66.0 Å². The first kappa shape index (κ1) is 18.0. The lowest BCUT2D eigenvalue weighted by atomic mass is 10.1. The molecule has 0 fully saturated rings. The Hall–Kier alpha value is -1.85. The van der Waals surface area contributed by atoms with Gasteiger partial charge in [-0.3, -0.25) is 10.1 Å². The van der Waals surface area contributed by atoms with Crippen molar-refractivity contribution in [2.75, 3.05) is 11.9 Å². The summed E-state index contributed by atoms with van der Waals surface area (Å²) in [5.41, 5.74) is 1.66. The van der Waals surface area contributed by atoms with E-state index in [0.717, 1.165) is 10.4 Å². The van der Waals surface area contributed by atoms with Gasteiger partial charge in [0.15, 0.2) is 0 Å². The van der Waals surface area contributed by atoms with Crippen molar-refractivity contribution in [1.82, 2.24) is 5.32 Å². The summed E-state index contributed by atoms with van der Waals surface area (Å²) in [6, 6.07) is 19.1. The van der Waals surface area contributed by atoms with Crippen molar-refractivity contribution in [3.05, 3.63) is 86.5 Å². The van der Waals surface area contributed by atoms with E-state index in [2.05, 4.69) is 16.7 Å². The molecule has 1 heterocycles. The highest BCUT2D eigenvalue weighted by molar-refractivity contribution is 7.10. The zero-order valence-electron chi connectivity index (χ0n) is 13.2. The number of hydrogen-bond donors (Lipinski definition) is 2. The van der Waals surface area contributed by atoms with Gasteiger partial charge >= 0.3 is 0 Å². The van der Waals surface area contributed by atoms with Crippen LogP contribution >= 0.6 is 34.5 Å². The summed E-state index contributed by atoms with van der Waals surface area (Å²) in [6.45, 7) is 0.163. The number of carbonyl (C=O) groups is 1. The number of anilines is 1. The van der Waals surface area contributed by atoms with Gasteiger partial charge in [-0.2, -0.15) is 0 Å². The largest absolute Gasteiger partial charge is 0.324 e. The van der Waals surface area contributed by atoms with Crippen LogP contribution in [0.4, 0.5) is 5.69 Å². The third-order valence-corrected chi connectivity index (χ3v) is 5.12. The second-order valence-electron chi connectivity index (χ2n) is 5.41. The molecule has 1 amide bonds. The van der Waals surface area contributed by atoms with Gasteiger partial charge in [0.05, 0.1) is 23.3 Å². The third kappa shape index (κ3) is 4.83. The Balaban J connectivity index is 1.68. The SMILES string of the molecule is O=C(CN[C@H](c1ccccc1)c1cccs1)Nc1ccc(Cl)cc1Cl. The van der Waals surface area contributed by atoms with E-state index in [1.54, 1.807) is 29.5 Å². The lowest BCUT2D eigenvalue weighted by Crippen LogP contribution is -2.31. The molecule has 3 rings (SSSR count). The van der Waals surface area contributed by atoms with Crippen LogP contribution in [0.5, 0.6) is 0 Å². The molecule has 3 aromatic rings. The number of rotatable bonds is 6. The molecule has 0 radical (unpaired) electrons. The number of thiophene rings is 1. The molecule has 0 saturated carbocycles. The molecule has 0 spiro atoms. The van der Waals surface area contributed by atoms with Crippen molar-refractivity contribution in [1.29, 1.82) is 0 Å². The average Bonchev–Trinajstić information content (AvgIpc) is 3.13. The molecule has 128 valence electrons. The fourth-order valence-electron chi connectivity index (χ4n) is 2.46. The molecule has 2 aromatic carbocycles. The molecule has 0 bridgehead atoms. The summed E-state index contributed by atoms with van der Waals surface area (Å²) in [4.78, 5) is 13.4. The van der Waals surface area contributed by atoms with E-state index >= 15 is 0 Å². The Labute approximate surface area is 160 Å². The fourth-order valence-corrected chi connectivity index (χ4v) is 3.75. The van der Waals surface area contributed by atoms with Crippen LogP contribution in [0.25, 0.3) is 0 Å². The van der Waals surface area contributed by atoms with Crippen molar-refractivity contribution in [2.45, 2.75) is 6.04 Å². The first-order valence-corrected chi connectivity index (χ1v) is 9.33. The lowest BCUT2D eigenvalue weighted by molar-refractivity contribution is -0.115. The molecular formula is C19H16Cl2N2OS. The molecule has 3 nitrogen and oxygen atoms in total. The van der Waals surface area contributed by atoms with Gasteiger partial charge in [0.25, 0.3) is 0 Å². The van der Waals surface area contributed by atoms with Crippen molar-refractivity contribution in [2.24, 2.45) is 0 Å². The third-order valence-electron chi connectivity index (χ3n) is 3.63. The smallest absolute Gasteiger partial charge is 0.238 e. The van der Waals surface area contributed by atoms with E-state index < -0.39 is 0 Å². The lowest BCUT2D eigenvalue weighted by Gasteiger charge is -2.18. The summed E-state index contributed by atoms with van der Waals surface area (Å²) in [5.74, 6) is -0.165. The maximum Gasteiger partial charge on any atom is 0.238 e. The monoisotopic (exact) mass is 390 g/mol. The maximum absolute atomic E-state index is 12.3. The second kappa shape index (κ2) is 8.50. The molecule has 0 saturated heterocycles. The van der Waals surface area contributed by atoms with E-state index in [-0.39, 0.29) is 18.5 Å². The number of amides is 1. The van der Waals surface area contributed by atoms with Crippen LogP contribution in [0.2, 0.25) is 10.0 Å². The van der Waals surface area contributed by atoms with Gasteiger partial charge in [-0.1, -0.05) is 59.6 Å². The van der Waals surface area contributed by atoms with Crippen LogP contribution in [-0.2, 0) is 4.79 Å². The van der Waals surface area contributed by atoms with Gasteiger partial charge in [0, 0.05) is 9.90 Å². The summed E-state index contributed by atoms with van der Waals surface area (Å²) in [7, 11) is 0. The number of nitrogens with one attached hydrogen (secondary N) is 2. The highest BCUT2D eigenvalue weighted by atomic mass is 35.5. The van der Waals surface area contributed by atoms with E-state index in [4.69, 9.17) is 23.2 Å². The standard InChI is InChI=1S/C19H16Cl2N2OS/c20-14-8-9-16(15(21)11-14)23-18(24)12-22-19(17-7-4-10-25-17)13-5-2-1-3-6-13/h1-11,19,22H,12H2,(H,23,24)/t19-/m1/s1. The minimum absolute atomic E-state index is 0.0346. The Morgan fingerprint density at radius 3 is 2.52 bits per heavy atom. The Morgan fingerprint density at radius 1 is 1.04 bits per heavy atom. The Kier molecular flexibility index (Phi) is 6.10. The first-order chi connectivity index (χ1) is 12.1. The van der Waals surface area contributed by atoms with Crippen LogP contribution in [0, 0.1) is 0 Å². The van der Waals surface area contributed by atoms with Gasteiger partial charge in [0.2, 0.25) is 5.91 Å². The summed E-state index contributed by atoms with van der Waals surface area (Å²) < 4.78 is 0. The van der Waals surface area contributed by atoms with Crippen LogP contribution in [-0.4, -0.2) is 12.5 Å². The molecule has 6 heteroatoms. The molecule has 0 aliphatic rings.